The molecule has 12 N–H and O–H groups in total. The summed E-state index contributed by atoms with van der Waals surface area (Å²) in [5.41, 5.74) is 18.1. The summed E-state index contributed by atoms with van der Waals surface area (Å²) in [6.07, 6.45) is 24.5. The zero-order chi connectivity index (χ0) is 103. The molecule has 0 unspecified atom stereocenters. The maximum Gasteiger partial charge on any atom is 0.276 e. The summed E-state index contributed by atoms with van der Waals surface area (Å²) in [7, 11) is 15.9. The van der Waals surface area contributed by atoms with Gasteiger partial charge in [0, 0.05) is 225 Å². The molecule has 4 amide bonds. The average molecular weight is 2000 g/mol. The van der Waals surface area contributed by atoms with Crippen LogP contribution in [0.1, 0.15) is 104 Å². The standard InChI is InChI=1S/C28H32F2N8O.C27H30F2N8O.C26H30N8O.C26H29N7O2/c1-37(2)12-9-32-25-6-4-22(17-33-25)34-27(39)26-23-14-20(3-5-24(23)35-36-26)21-13-19(15-31-16-21)18-38-10-7-28(29,30)8-11-38;1-36(2)10-8-31-24-6-4-21(15-32-24)33-26(38)25-22-12-19(3-5-23(22)34-35-25)20-11-18(13-30-14-20)16-37-9-7-27(28,29)17-37;1-33(2)12-9-28-24-8-6-20(16-29-24)30-26(35)25-22-14-18(5-7-23(22)31-32-25)19-13-21(17-27-15-19)34-10-3-4-11-34;1-32(2)24-6-4-20(15-28-24)29-26(35)25-22-12-18(3-5-23(22)30-31-25)19-11-17(13-27-14-19)16-33-9-7-21(34)8-10-33/h3-6,13-17H,7-12,18H2,1-2H3,(H,32,33)(H,34,39)(H,35,36);3-6,11-15H,7-10,16-17H2,1-2H3,(H,31,32)(H,33,38)(H,34,35);5-8,13-17H,3-4,9-12H2,1-2H3,(H,28,29)(H,30,35)(H,31,32);3-6,11-15,21,34H,7-10,16H2,1-2H3,(H,29,35)(H,30,31). The number of H-pyrrole nitrogens is 4. The number of nitrogens with zero attached hydrogens (tertiary/aromatic N) is 20. The first-order valence-corrected chi connectivity index (χ1v) is 49.0. The Balaban J connectivity index is 0.000000134. The van der Waals surface area contributed by atoms with Crippen LogP contribution in [0.15, 0.2) is 220 Å². The second-order valence-electron chi connectivity index (χ2n) is 38.3. The number of carbonyl (C=O) groups is 4. The van der Waals surface area contributed by atoms with Crippen LogP contribution in [0.4, 0.5) is 69.3 Å². The van der Waals surface area contributed by atoms with Crippen molar-refractivity contribution in [3.8, 4) is 44.5 Å². The van der Waals surface area contributed by atoms with E-state index in [4.69, 9.17) is 0 Å². The molecule has 0 radical (unpaired) electrons. The number of amides is 4. The molecular weight excluding hydrogens is 1880 g/mol. The Kier molecular flexibility index (Phi) is 33.1. The first-order chi connectivity index (χ1) is 71.0. The number of aliphatic hydroxyl groups is 1. The van der Waals surface area contributed by atoms with Gasteiger partial charge in [-0.3, -0.25) is 74.2 Å². The Labute approximate surface area is 847 Å². The van der Waals surface area contributed by atoms with Crippen molar-refractivity contribution in [2.45, 2.75) is 82.5 Å². The van der Waals surface area contributed by atoms with Gasteiger partial charge in [0.1, 0.15) is 23.3 Å². The molecule has 762 valence electrons. The number of aromatic nitrogens is 16. The van der Waals surface area contributed by atoms with Crippen molar-refractivity contribution in [3.05, 3.63) is 259 Å². The second kappa shape index (κ2) is 47.4. The zero-order valence-electron chi connectivity index (χ0n) is 83.4. The number of nitrogens with one attached hydrogen (secondary N) is 11. The van der Waals surface area contributed by atoms with Crippen molar-refractivity contribution in [2.75, 3.05) is 195 Å². The second-order valence-corrected chi connectivity index (χ2v) is 38.3. The molecule has 40 heteroatoms. The molecule has 20 rings (SSSR count). The smallest absolute Gasteiger partial charge is 0.276 e. The minimum absolute atomic E-state index is 0.115. The van der Waals surface area contributed by atoms with E-state index in [1.807, 2.05) is 212 Å². The summed E-state index contributed by atoms with van der Waals surface area (Å²) < 4.78 is 54.2. The van der Waals surface area contributed by atoms with Gasteiger partial charge in [-0.1, -0.05) is 24.3 Å². The molecular formula is C107H121F4N31O5. The molecule has 0 spiro atoms. The lowest BCUT2D eigenvalue weighted by Crippen LogP contribution is -2.38. The third-order valence-electron chi connectivity index (χ3n) is 25.8. The maximum absolute atomic E-state index is 13.6. The molecule has 12 aromatic heterocycles. The molecule has 0 aliphatic carbocycles. The van der Waals surface area contributed by atoms with Crippen LogP contribution >= 0.6 is 0 Å². The van der Waals surface area contributed by atoms with Gasteiger partial charge in [-0.15, -0.1) is 0 Å². The van der Waals surface area contributed by atoms with Crippen LogP contribution < -0.4 is 47.0 Å². The lowest BCUT2D eigenvalue weighted by molar-refractivity contribution is -0.0566. The van der Waals surface area contributed by atoms with Crippen molar-refractivity contribution in [3.63, 3.8) is 0 Å². The van der Waals surface area contributed by atoms with Gasteiger partial charge in [0.25, 0.3) is 35.5 Å². The largest absolute Gasteiger partial charge is 0.393 e. The van der Waals surface area contributed by atoms with E-state index in [0.717, 1.165) is 208 Å². The number of fused-ring (bicyclic) bond motifs is 4. The van der Waals surface area contributed by atoms with E-state index in [-0.39, 0.29) is 66.9 Å². The monoisotopic (exact) mass is 2000 g/mol. The number of alkyl halides is 4. The van der Waals surface area contributed by atoms with Crippen molar-refractivity contribution in [1.29, 1.82) is 0 Å². The van der Waals surface area contributed by atoms with Crippen molar-refractivity contribution >= 4 is 119 Å². The third kappa shape index (κ3) is 27.7. The first kappa shape index (κ1) is 103. The van der Waals surface area contributed by atoms with Crippen LogP contribution in [-0.4, -0.2) is 305 Å². The number of benzene rings is 4. The topological polar surface area (TPSA) is 416 Å². The Bertz CT molecular complexity index is 7180. The van der Waals surface area contributed by atoms with Crippen LogP contribution in [0.25, 0.3) is 88.1 Å². The quantitative estimate of drug-likeness (QED) is 0.0174. The molecule has 4 saturated heterocycles. The maximum atomic E-state index is 13.6. The Hall–Kier alpha value is -15.7. The van der Waals surface area contributed by atoms with Crippen LogP contribution in [0.5, 0.6) is 0 Å². The number of piperidine rings is 2. The zero-order valence-corrected chi connectivity index (χ0v) is 83.4. The predicted octanol–water partition coefficient (Wildman–Crippen LogP) is 15.7. The number of likely N-dealkylation sites (tertiary alicyclic amines) is 3. The summed E-state index contributed by atoms with van der Waals surface area (Å²) >= 11 is 0. The van der Waals surface area contributed by atoms with Gasteiger partial charge in [0.2, 0.25) is 0 Å². The summed E-state index contributed by atoms with van der Waals surface area (Å²) in [5.74, 6) is -3.44. The highest BCUT2D eigenvalue weighted by Gasteiger charge is 2.39. The number of aromatic amines is 4. The summed E-state index contributed by atoms with van der Waals surface area (Å²) in [4.78, 5) is 104. The van der Waals surface area contributed by atoms with Crippen LogP contribution in [0.2, 0.25) is 0 Å². The predicted molar refractivity (Wildman–Crippen MR) is 568 cm³/mol. The molecule has 4 aliphatic heterocycles. The number of rotatable bonds is 32. The lowest BCUT2D eigenvalue weighted by Gasteiger charge is -2.31. The number of aliphatic hydroxyl groups excluding tert-OH is 1. The van der Waals surface area contributed by atoms with Crippen LogP contribution in [-0.2, 0) is 19.6 Å². The average Bonchev–Trinajstić information content (AvgIpc) is 1.68. The molecule has 4 fully saturated rings. The van der Waals surface area contributed by atoms with Gasteiger partial charge >= 0.3 is 0 Å². The molecule has 0 atom stereocenters. The lowest BCUT2D eigenvalue weighted by atomic mass is 10.0. The molecule has 147 heavy (non-hydrogen) atoms. The summed E-state index contributed by atoms with van der Waals surface area (Å²) in [5, 5.41) is 62.6. The normalized spacial score (nSPS) is 14.8. The molecule has 4 aromatic carbocycles. The van der Waals surface area contributed by atoms with E-state index in [1.165, 1.54) is 12.8 Å². The number of carbonyl (C=O) groups excluding carboxylic acids is 4. The van der Waals surface area contributed by atoms with Gasteiger partial charge in [0.15, 0.2) is 22.8 Å². The third-order valence-corrected chi connectivity index (χ3v) is 25.8. The number of hydrogen-bond donors (Lipinski definition) is 12. The highest BCUT2D eigenvalue weighted by Crippen LogP contribution is 2.37. The summed E-state index contributed by atoms with van der Waals surface area (Å²) in [6.45, 7) is 11.5. The minimum atomic E-state index is -2.63. The molecule has 0 bridgehead atoms. The number of anilines is 9. The van der Waals surface area contributed by atoms with Gasteiger partial charge < -0.3 is 66.8 Å². The van der Waals surface area contributed by atoms with E-state index in [2.05, 4.69) is 155 Å². The fourth-order valence-electron chi connectivity index (χ4n) is 17.7. The number of likely N-dealkylation sites (N-methyl/N-ethyl adjacent to an activating group) is 3. The number of hydrogen-bond acceptors (Lipinski definition) is 28. The van der Waals surface area contributed by atoms with Crippen molar-refractivity contribution in [1.82, 2.24) is 110 Å². The van der Waals surface area contributed by atoms with Gasteiger partial charge in [0.05, 0.1) is 94.1 Å². The van der Waals surface area contributed by atoms with E-state index < -0.39 is 11.8 Å². The fourth-order valence-corrected chi connectivity index (χ4v) is 17.7. The van der Waals surface area contributed by atoms with E-state index in [9.17, 15) is 41.8 Å². The van der Waals surface area contributed by atoms with Crippen LogP contribution in [0, 0.1) is 0 Å². The first-order valence-electron chi connectivity index (χ1n) is 49.0. The molecule has 16 heterocycles. The summed E-state index contributed by atoms with van der Waals surface area (Å²) in [6, 6.07) is 46.1. The van der Waals surface area contributed by atoms with E-state index in [0.29, 0.717) is 77.6 Å². The Morgan fingerprint density at radius 1 is 0.361 bits per heavy atom. The molecule has 16 aromatic rings. The van der Waals surface area contributed by atoms with Gasteiger partial charge in [-0.25, -0.2) is 37.5 Å². The molecule has 0 saturated carbocycles. The SMILES string of the molecule is CN(C)CCNc1ccc(NC(=O)c2n[nH]c3ccc(-c4cncc(CN5CCC(F)(F)C5)c4)cc23)cn1.CN(C)CCNc1ccc(NC(=O)c2n[nH]c3ccc(-c4cncc(CN5CCC(F)(F)CC5)c4)cc23)cn1.CN(C)CCNc1ccc(NC(=O)c2n[nH]c3ccc(-c4cncc(N5CCCC5)c4)cc23)cn1.CN(C)c1ccc(NC(=O)c2n[nH]c3ccc(-c4cncc(CN5CCC(O)CC5)c4)cc23)cn1. The fraction of sp³-hybridized carbons (Fsp3) is 0.327. The van der Waals surface area contributed by atoms with Crippen LogP contribution in [0.3, 0.4) is 0 Å². The molecule has 36 nitrogen and oxygen atoms in total. The number of halogens is 4. The van der Waals surface area contributed by atoms with Gasteiger partial charge in [-0.05, 0) is 228 Å². The highest BCUT2D eigenvalue weighted by atomic mass is 19.3. The van der Waals surface area contributed by atoms with E-state index in [1.54, 1.807) is 66.6 Å². The molecule has 4 aliphatic rings. The Morgan fingerprint density at radius 3 is 1.01 bits per heavy atom. The Morgan fingerprint density at radius 2 is 0.687 bits per heavy atom. The minimum Gasteiger partial charge on any atom is -0.393 e. The van der Waals surface area contributed by atoms with E-state index >= 15 is 0 Å². The van der Waals surface area contributed by atoms with Gasteiger partial charge in [-0.2, -0.15) is 20.4 Å². The number of pyridine rings is 8. The van der Waals surface area contributed by atoms with Crippen molar-refractivity contribution < 1.29 is 41.8 Å². The highest BCUT2D eigenvalue weighted by molar-refractivity contribution is 6.15. The van der Waals surface area contributed by atoms with Crippen molar-refractivity contribution in [2.24, 2.45) is 0 Å².